The van der Waals surface area contributed by atoms with Crippen molar-refractivity contribution in [2.75, 3.05) is 18.5 Å². The highest BCUT2D eigenvalue weighted by Gasteiger charge is 2.36. The van der Waals surface area contributed by atoms with Crippen LogP contribution in [0.5, 0.6) is 5.75 Å². The lowest BCUT2D eigenvalue weighted by Crippen LogP contribution is -2.32. The van der Waals surface area contributed by atoms with Crippen LogP contribution in [0.2, 0.25) is 0 Å². The first kappa shape index (κ1) is 19.0. The summed E-state index contributed by atoms with van der Waals surface area (Å²) in [5, 5.41) is 13.6. The molecule has 1 N–H and O–H groups in total. The third kappa shape index (κ3) is 3.68. The number of nitrogens with zero attached hydrogens (tertiary/aromatic N) is 2. The molecule has 1 aliphatic heterocycles. The number of hydrogen-bond acceptors (Lipinski definition) is 6. The summed E-state index contributed by atoms with van der Waals surface area (Å²) >= 11 is 0. The van der Waals surface area contributed by atoms with Crippen LogP contribution in [0.4, 0.5) is 11.4 Å². The molecule has 0 saturated heterocycles. The van der Waals surface area contributed by atoms with Crippen molar-refractivity contribution in [1.82, 2.24) is 4.90 Å². The Labute approximate surface area is 160 Å². The second-order valence-corrected chi connectivity index (χ2v) is 5.98. The fourth-order valence-corrected chi connectivity index (χ4v) is 2.87. The van der Waals surface area contributed by atoms with Gasteiger partial charge in [-0.2, -0.15) is 0 Å². The number of nitro benzene ring substituents is 1. The number of hydrogen-bond donors (Lipinski definition) is 1. The van der Waals surface area contributed by atoms with Crippen LogP contribution < -0.4 is 10.1 Å². The van der Waals surface area contributed by atoms with Gasteiger partial charge in [0.1, 0.15) is 5.75 Å². The Morgan fingerprint density at radius 1 is 1.14 bits per heavy atom. The summed E-state index contributed by atoms with van der Waals surface area (Å²) in [7, 11) is 0. The predicted molar refractivity (Wildman–Crippen MR) is 99.3 cm³/mol. The fraction of sp³-hybridized carbons (Fsp3) is 0.211. The zero-order valence-electron chi connectivity index (χ0n) is 15.0. The van der Waals surface area contributed by atoms with E-state index in [0.717, 1.165) is 11.0 Å². The van der Waals surface area contributed by atoms with Crippen molar-refractivity contribution in [3.63, 3.8) is 0 Å². The molecule has 1 heterocycles. The number of imide groups is 1. The molecule has 0 fully saturated rings. The number of rotatable bonds is 7. The van der Waals surface area contributed by atoms with Crippen LogP contribution in [0.3, 0.4) is 0 Å². The molecule has 0 unspecified atom stereocenters. The van der Waals surface area contributed by atoms with Crippen LogP contribution in [-0.4, -0.2) is 40.7 Å². The largest absolute Gasteiger partial charge is 0.492 e. The first-order valence-corrected chi connectivity index (χ1v) is 8.58. The molecule has 0 saturated carbocycles. The molecule has 9 nitrogen and oxygen atoms in total. The number of non-ortho nitro benzene ring substituents is 1. The maximum Gasteiger partial charge on any atom is 0.270 e. The zero-order valence-corrected chi connectivity index (χ0v) is 15.0. The van der Waals surface area contributed by atoms with Gasteiger partial charge in [-0.05, 0) is 25.1 Å². The van der Waals surface area contributed by atoms with Gasteiger partial charge in [0.05, 0.1) is 28.3 Å². The summed E-state index contributed by atoms with van der Waals surface area (Å²) in [6, 6.07) is 10.4. The molecule has 2 aromatic rings. The monoisotopic (exact) mass is 383 g/mol. The molecule has 0 bridgehead atoms. The lowest BCUT2D eigenvalue weighted by Gasteiger charge is -2.14. The fourth-order valence-electron chi connectivity index (χ4n) is 2.87. The van der Waals surface area contributed by atoms with Gasteiger partial charge in [0.25, 0.3) is 17.5 Å². The Kier molecular flexibility index (Phi) is 5.35. The minimum Gasteiger partial charge on any atom is -0.492 e. The van der Waals surface area contributed by atoms with Gasteiger partial charge in [0.15, 0.2) is 0 Å². The zero-order chi connectivity index (χ0) is 20.3. The second kappa shape index (κ2) is 7.87. The molecule has 144 valence electrons. The lowest BCUT2D eigenvalue weighted by atomic mass is 10.1. The van der Waals surface area contributed by atoms with Gasteiger partial charge in [-0.15, -0.1) is 0 Å². The van der Waals surface area contributed by atoms with E-state index in [2.05, 4.69) is 5.32 Å². The number of nitro groups is 1. The Bertz CT molecular complexity index is 972. The van der Waals surface area contributed by atoms with Crippen LogP contribution in [0.1, 0.15) is 34.1 Å². The Morgan fingerprint density at radius 3 is 2.57 bits per heavy atom. The standard InChI is InChI=1S/C19H17N3O6/c1-2-28-16-6-4-3-5-15(16)20-17(23)9-10-21-18(24)13-8-7-12(22(26)27)11-14(13)19(21)25/h3-8,11H,2,9-10H2,1H3,(H,20,23). The lowest BCUT2D eigenvalue weighted by molar-refractivity contribution is -0.384. The first-order chi connectivity index (χ1) is 13.4. The van der Waals surface area contributed by atoms with E-state index in [-0.39, 0.29) is 29.8 Å². The molecule has 3 rings (SSSR count). The van der Waals surface area contributed by atoms with Crippen molar-refractivity contribution in [3.05, 3.63) is 63.7 Å². The number of amides is 3. The Balaban J connectivity index is 1.66. The highest BCUT2D eigenvalue weighted by atomic mass is 16.6. The van der Waals surface area contributed by atoms with Crippen molar-refractivity contribution >= 4 is 29.1 Å². The van der Waals surface area contributed by atoms with Crippen molar-refractivity contribution in [2.24, 2.45) is 0 Å². The van der Waals surface area contributed by atoms with Crippen molar-refractivity contribution in [3.8, 4) is 5.75 Å². The molecular formula is C19H17N3O6. The molecule has 9 heteroatoms. The molecule has 3 amide bonds. The van der Waals surface area contributed by atoms with E-state index >= 15 is 0 Å². The van der Waals surface area contributed by atoms with Crippen molar-refractivity contribution in [1.29, 1.82) is 0 Å². The molecule has 0 radical (unpaired) electrons. The van der Waals surface area contributed by atoms with Gasteiger partial charge < -0.3 is 10.1 Å². The van der Waals surface area contributed by atoms with E-state index < -0.39 is 22.6 Å². The third-order valence-corrected chi connectivity index (χ3v) is 4.19. The summed E-state index contributed by atoms with van der Waals surface area (Å²) in [4.78, 5) is 48.2. The van der Waals surface area contributed by atoms with Crippen LogP contribution >= 0.6 is 0 Å². The van der Waals surface area contributed by atoms with E-state index in [9.17, 15) is 24.5 Å². The highest BCUT2D eigenvalue weighted by Crippen LogP contribution is 2.27. The SMILES string of the molecule is CCOc1ccccc1NC(=O)CCN1C(=O)c2ccc([N+](=O)[O-])cc2C1=O. The summed E-state index contributed by atoms with van der Waals surface area (Å²) in [6.07, 6.45) is -0.117. The summed E-state index contributed by atoms with van der Waals surface area (Å²) in [5.41, 5.74) is 0.290. The van der Waals surface area contributed by atoms with E-state index in [0.29, 0.717) is 18.0 Å². The molecule has 2 aromatic carbocycles. The number of ether oxygens (including phenoxy) is 1. The first-order valence-electron chi connectivity index (χ1n) is 8.58. The molecule has 0 aliphatic carbocycles. The molecule has 0 aromatic heterocycles. The molecule has 0 spiro atoms. The number of nitrogens with one attached hydrogen (secondary N) is 1. The smallest absolute Gasteiger partial charge is 0.270 e. The van der Waals surface area contributed by atoms with Crippen LogP contribution in [0.25, 0.3) is 0 Å². The van der Waals surface area contributed by atoms with Crippen molar-refractivity contribution < 1.29 is 24.0 Å². The minimum absolute atomic E-state index is 0.0266. The Morgan fingerprint density at radius 2 is 1.86 bits per heavy atom. The topological polar surface area (TPSA) is 119 Å². The molecule has 0 atom stereocenters. The number of fused-ring (bicyclic) bond motifs is 1. The van der Waals surface area contributed by atoms with Gasteiger partial charge in [0, 0.05) is 25.1 Å². The van der Waals surface area contributed by atoms with E-state index in [4.69, 9.17) is 4.74 Å². The van der Waals surface area contributed by atoms with Crippen LogP contribution in [0, 0.1) is 10.1 Å². The molecular weight excluding hydrogens is 366 g/mol. The number of benzene rings is 2. The minimum atomic E-state index is -0.647. The number of carbonyl (C=O) groups is 3. The quantitative estimate of drug-likeness (QED) is 0.446. The number of para-hydroxylation sites is 2. The van der Waals surface area contributed by atoms with Gasteiger partial charge in [-0.3, -0.25) is 29.4 Å². The molecule has 1 aliphatic rings. The summed E-state index contributed by atoms with van der Waals surface area (Å²) < 4.78 is 5.43. The van der Waals surface area contributed by atoms with Crippen LogP contribution in [0.15, 0.2) is 42.5 Å². The van der Waals surface area contributed by atoms with Gasteiger partial charge in [-0.1, -0.05) is 12.1 Å². The number of carbonyl (C=O) groups excluding carboxylic acids is 3. The van der Waals surface area contributed by atoms with Gasteiger partial charge in [0.2, 0.25) is 5.91 Å². The Hall–Kier alpha value is -3.75. The average Bonchev–Trinajstić information content (AvgIpc) is 2.92. The van der Waals surface area contributed by atoms with E-state index in [1.165, 1.54) is 12.1 Å². The second-order valence-electron chi connectivity index (χ2n) is 5.98. The highest BCUT2D eigenvalue weighted by molar-refractivity contribution is 6.21. The maximum absolute atomic E-state index is 12.4. The van der Waals surface area contributed by atoms with E-state index in [1.807, 2.05) is 6.92 Å². The third-order valence-electron chi connectivity index (χ3n) is 4.19. The predicted octanol–water partition coefficient (Wildman–Crippen LogP) is 2.62. The number of anilines is 1. The summed E-state index contributed by atoms with van der Waals surface area (Å²) in [6.45, 7) is 2.13. The van der Waals surface area contributed by atoms with Gasteiger partial charge in [-0.25, -0.2) is 0 Å². The molecule has 28 heavy (non-hydrogen) atoms. The average molecular weight is 383 g/mol. The normalized spacial score (nSPS) is 12.7. The summed E-state index contributed by atoms with van der Waals surface area (Å²) in [5.74, 6) is -1.09. The van der Waals surface area contributed by atoms with Crippen molar-refractivity contribution in [2.45, 2.75) is 13.3 Å². The van der Waals surface area contributed by atoms with Gasteiger partial charge >= 0.3 is 0 Å². The van der Waals surface area contributed by atoms with E-state index in [1.54, 1.807) is 24.3 Å². The van der Waals surface area contributed by atoms with Crippen LogP contribution in [-0.2, 0) is 4.79 Å². The maximum atomic E-state index is 12.4.